The van der Waals surface area contributed by atoms with Gasteiger partial charge in [-0.25, -0.2) is 4.98 Å². The molecule has 0 radical (unpaired) electrons. The second-order valence-corrected chi connectivity index (χ2v) is 9.45. The van der Waals surface area contributed by atoms with Gasteiger partial charge in [-0.05, 0) is 57.4 Å². The topological polar surface area (TPSA) is 58.9 Å². The van der Waals surface area contributed by atoms with Crippen LogP contribution < -0.4 is 5.32 Å². The highest BCUT2D eigenvalue weighted by Gasteiger charge is 2.21. The van der Waals surface area contributed by atoms with E-state index >= 15 is 0 Å². The third-order valence-corrected chi connectivity index (χ3v) is 6.84. The monoisotopic (exact) mass is 470 g/mol. The number of nitrogens with one attached hydrogen (secondary N) is 1. The van der Waals surface area contributed by atoms with Crippen LogP contribution in [0.4, 0.5) is 10.8 Å². The molecule has 1 N–H and O–H groups in total. The van der Waals surface area contributed by atoms with E-state index in [9.17, 15) is 0 Å². The summed E-state index contributed by atoms with van der Waals surface area (Å²) in [4.78, 5) is 6.83. The highest BCUT2D eigenvalue weighted by Crippen LogP contribution is 2.30. The molecular weight excluding hydrogens is 448 g/mol. The molecular formula is C22H23ClN6S2. The van der Waals surface area contributed by atoms with Crippen LogP contribution in [0.3, 0.4) is 0 Å². The molecule has 4 aromatic rings. The maximum atomic E-state index is 6.10. The van der Waals surface area contributed by atoms with Crippen LogP contribution in [-0.2, 0) is 5.75 Å². The zero-order valence-corrected chi connectivity index (χ0v) is 19.9. The fourth-order valence-electron chi connectivity index (χ4n) is 2.92. The lowest BCUT2D eigenvalue weighted by molar-refractivity contribution is 0.305. The Bertz CT molecular complexity index is 1120. The van der Waals surface area contributed by atoms with Gasteiger partial charge in [0.15, 0.2) is 16.1 Å². The molecule has 9 heteroatoms. The first-order valence-electron chi connectivity index (χ1n) is 9.78. The Morgan fingerprint density at radius 2 is 1.84 bits per heavy atom. The zero-order chi connectivity index (χ0) is 21.8. The normalized spacial score (nSPS) is 12.3. The van der Waals surface area contributed by atoms with E-state index < -0.39 is 0 Å². The first kappa shape index (κ1) is 21.8. The number of nitrogens with zero attached hydrogens (tertiary/aromatic N) is 5. The zero-order valence-electron chi connectivity index (χ0n) is 17.5. The van der Waals surface area contributed by atoms with E-state index in [-0.39, 0.29) is 6.04 Å². The summed E-state index contributed by atoms with van der Waals surface area (Å²) in [7, 11) is 4.07. The summed E-state index contributed by atoms with van der Waals surface area (Å²) in [5.41, 5.74) is 3.02. The van der Waals surface area contributed by atoms with Crippen molar-refractivity contribution in [2.45, 2.75) is 23.9 Å². The predicted molar refractivity (Wildman–Crippen MR) is 130 cm³/mol. The Hall–Kier alpha value is -2.39. The molecule has 0 bridgehead atoms. The average Bonchev–Trinajstić information content (AvgIpc) is 3.40. The van der Waals surface area contributed by atoms with E-state index in [0.29, 0.717) is 10.8 Å². The van der Waals surface area contributed by atoms with Crippen molar-refractivity contribution in [1.29, 1.82) is 0 Å². The third-order valence-electron chi connectivity index (χ3n) is 4.82. The van der Waals surface area contributed by atoms with Crippen molar-refractivity contribution >= 4 is 45.5 Å². The molecule has 0 aliphatic heterocycles. The maximum Gasteiger partial charge on any atom is 0.196 e. The quantitative estimate of drug-likeness (QED) is 0.317. The Morgan fingerprint density at radius 3 is 2.55 bits per heavy atom. The fraction of sp³-hybridized carbons (Fsp3) is 0.227. The molecule has 0 aliphatic carbocycles. The van der Waals surface area contributed by atoms with Gasteiger partial charge in [-0.1, -0.05) is 41.6 Å². The molecule has 2 heterocycles. The molecule has 6 nitrogen and oxygen atoms in total. The van der Waals surface area contributed by atoms with Crippen LogP contribution >= 0.6 is 34.7 Å². The molecule has 1 atom stereocenters. The van der Waals surface area contributed by atoms with Crippen molar-refractivity contribution in [1.82, 2.24) is 24.6 Å². The van der Waals surface area contributed by atoms with Crippen molar-refractivity contribution in [3.8, 4) is 5.69 Å². The molecule has 2 aromatic heterocycles. The Balaban J connectivity index is 1.54. The Kier molecular flexibility index (Phi) is 6.92. The number of benzene rings is 2. The number of thiazole rings is 1. The number of thioether (sulfide) groups is 1. The minimum Gasteiger partial charge on any atom is -0.332 e. The standard InChI is InChI=1S/C22H23ClN6S2/c1-15(28(2)3)20-26-27-22(29(20)19-11-9-16(23)10-12-19)31-14-18-13-30-21(25-18)24-17-7-5-4-6-8-17/h4-13,15H,14H2,1-3H3,(H,24,25). The Morgan fingerprint density at radius 1 is 1.10 bits per heavy atom. The van der Waals surface area contributed by atoms with Gasteiger partial charge in [-0.2, -0.15) is 0 Å². The number of rotatable bonds is 8. The molecule has 0 saturated heterocycles. The number of para-hydroxylation sites is 1. The molecule has 2 aromatic carbocycles. The first-order chi connectivity index (χ1) is 15.0. The van der Waals surface area contributed by atoms with Crippen LogP contribution in [0.2, 0.25) is 5.02 Å². The molecule has 0 aliphatic rings. The molecule has 1 unspecified atom stereocenters. The lowest BCUT2D eigenvalue weighted by atomic mass is 10.2. The van der Waals surface area contributed by atoms with E-state index in [2.05, 4.69) is 37.3 Å². The summed E-state index contributed by atoms with van der Waals surface area (Å²) in [6.45, 7) is 2.12. The SMILES string of the molecule is CC(c1nnc(SCc2csc(Nc3ccccc3)n2)n1-c1ccc(Cl)cc1)N(C)C. The van der Waals surface area contributed by atoms with Crippen molar-refractivity contribution in [2.24, 2.45) is 0 Å². The van der Waals surface area contributed by atoms with Gasteiger partial charge in [0, 0.05) is 27.5 Å². The summed E-state index contributed by atoms with van der Waals surface area (Å²) < 4.78 is 2.10. The second-order valence-electron chi connectivity index (χ2n) is 7.22. The van der Waals surface area contributed by atoms with Crippen LogP contribution in [-0.4, -0.2) is 38.7 Å². The predicted octanol–water partition coefficient (Wildman–Crippen LogP) is 6.04. The molecule has 0 saturated carbocycles. The van der Waals surface area contributed by atoms with Crippen LogP contribution in [0.5, 0.6) is 0 Å². The molecule has 4 rings (SSSR count). The van der Waals surface area contributed by atoms with Crippen LogP contribution in [0.15, 0.2) is 65.1 Å². The number of anilines is 2. The summed E-state index contributed by atoms with van der Waals surface area (Å²) >= 11 is 9.32. The molecule has 31 heavy (non-hydrogen) atoms. The second kappa shape index (κ2) is 9.82. The van der Waals surface area contributed by atoms with Crippen molar-refractivity contribution in [3.63, 3.8) is 0 Å². The van der Waals surface area contributed by atoms with E-state index in [0.717, 1.165) is 33.2 Å². The van der Waals surface area contributed by atoms with Crippen LogP contribution in [0, 0.1) is 0 Å². The first-order valence-corrected chi connectivity index (χ1v) is 12.0. The Labute approximate surface area is 195 Å². The summed E-state index contributed by atoms with van der Waals surface area (Å²) in [6.07, 6.45) is 0. The summed E-state index contributed by atoms with van der Waals surface area (Å²) in [6, 6.07) is 17.9. The number of halogens is 1. The van der Waals surface area contributed by atoms with E-state index in [1.807, 2.05) is 68.7 Å². The summed E-state index contributed by atoms with van der Waals surface area (Å²) in [5.74, 6) is 1.59. The van der Waals surface area contributed by atoms with E-state index in [1.165, 1.54) is 0 Å². The van der Waals surface area contributed by atoms with Crippen molar-refractivity contribution < 1.29 is 0 Å². The molecule has 0 fully saturated rings. The number of hydrogen-bond donors (Lipinski definition) is 1. The van der Waals surface area contributed by atoms with Gasteiger partial charge in [0.05, 0.1) is 11.7 Å². The minimum atomic E-state index is 0.110. The fourth-order valence-corrected chi connectivity index (χ4v) is 4.74. The van der Waals surface area contributed by atoms with Gasteiger partial charge >= 0.3 is 0 Å². The van der Waals surface area contributed by atoms with Gasteiger partial charge in [0.2, 0.25) is 0 Å². The van der Waals surface area contributed by atoms with Gasteiger partial charge in [-0.15, -0.1) is 21.5 Å². The lowest BCUT2D eigenvalue weighted by Gasteiger charge is -2.20. The van der Waals surface area contributed by atoms with E-state index in [1.54, 1.807) is 23.1 Å². The molecule has 0 amide bonds. The van der Waals surface area contributed by atoms with Gasteiger partial charge < -0.3 is 5.32 Å². The lowest BCUT2D eigenvalue weighted by Crippen LogP contribution is -2.20. The van der Waals surface area contributed by atoms with Gasteiger partial charge in [0.1, 0.15) is 0 Å². The number of hydrogen-bond acceptors (Lipinski definition) is 7. The van der Waals surface area contributed by atoms with Crippen LogP contribution in [0.1, 0.15) is 24.5 Å². The van der Waals surface area contributed by atoms with Gasteiger partial charge in [0.25, 0.3) is 0 Å². The smallest absolute Gasteiger partial charge is 0.196 e. The molecule has 160 valence electrons. The largest absolute Gasteiger partial charge is 0.332 e. The van der Waals surface area contributed by atoms with Crippen molar-refractivity contribution in [3.05, 3.63) is 76.5 Å². The maximum absolute atomic E-state index is 6.10. The average molecular weight is 471 g/mol. The highest BCUT2D eigenvalue weighted by atomic mass is 35.5. The highest BCUT2D eigenvalue weighted by molar-refractivity contribution is 7.98. The van der Waals surface area contributed by atoms with Crippen molar-refractivity contribution in [2.75, 3.05) is 19.4 Å². The number of aromatic nitrogens is 4. The third kappa shape index (κ3) is 5.27. The van der Waals surface area contributed by atoms with Gasteiger partial charge in [-0.3, -0.25) is 9.47 Å². The minimum absolute atomic E-state index is 0.110. The van der Waals surface area contributed by atoms with E-state index in [4.69, 9.17) is 16.6 Å². The summed E-state index contributed by atoms with van der Waals surface area (Å²) in [5, 5.41) is 16.8. The molecule has 0 spiro atoms. The van der Waals surface area contributed by atoms with Crippen LogP contribution in [0.25, 0.3) is 5.69 Å².